The van der Waals surface area contributed by atoms with Crippen molar-refractivity contribution in [1.82, 2.24) is 29.3 Å². The van der Waals surface area contributed by atoms with Gasteiger partial charge in [-0.25, -0.2) is 4.57 Å². The summed E-state index contributed by atoms with van der Waals surface area (Å²) in [5.74, 6) is 2.71. The number of fused-ring (bicyclic) bond motifs is 3. The molecule has 0 aliphatic heterocycles. The van der Waals surface area contributed by atoms with Crippen molar-refractivity contribution in [3.8, 4) is 11.4 Å². The second kappa shape index (κ2) is 9.30. The Labute approximate surface area is 199 Å². The number of methoxy groups -OCH3 is 1. The molecule has 0 saturated carbocycles. The third-order valence-corrected chi connectivity index (χ3v) is 6.48. The number of unbranched alkanes of at least 4 members (excludes halogenated alkanes) is 1. The average Bonchev–Trinajstić information content (AvgIpc) is 3.49. The van der Waals surface area contributed by atoms with E-state index in [9.17, 15) is 4.79 Å². The second-order valence-corrected chi connectivity index (χ2v) is 8.89. The molecule has 0 atom stereocenters. The summed E-state index contributed by atoms with van der Waals surface area (Å²) in [7, 11) is 1.59. The standard InChI is InChI=1S/C24H24N6O3S/c1-4-5-10-21-25-20(28-33-21)14-34-24-27-26-23-29(18-13-15(2)11-12-19(18)32-3)22(31)16-8-6-7-9-17(16)30(23)24/h6-9,11-13H,4-5,10,14H2,1-3H3. The summed E-state index contributed by atoms with van der Waals surface area (Å²) in [5.41, 5.74) is 2.16. The Balaban J connectivity index is 1.63. The van der Waals surface area contributed by atoms with Crippen LogP contribution in [0.3, 0.4) is 0 Å². The predicted molar refractivity (Wildman–Crippen MR) is 130 cm³/mol. The molecule has 174 valence electrons. The lowest BCUT2D eigenvalue weighted by Gasteiger charge is -2.14. The van der Waals surface area contributed by atoms with E-state index in [0.29, 0.717) is 45.2 Å². The topological polar surface area (TPSA) is 100 Å². The van der Waals surface area contributed by atoms with Gasteiger partial charge in [-0.15, -0.1) is 10.2 Å². The fraction of sp³-hybridized carbons (Fsp3) is 0.292. The number of aromatic nitrogens is 6. The zero-order valence-electron chi connectivity index (χ0n) is 19.2. The van der Waals surface area contributed by atoms with E-state index in [1.165, 1.54) is 11.8 Å². The Morgan fingerprint density at radius 3 is 2.82 bits per heavy atom. The summed E-state index contributed by atoms with van der Waals surface area (Å²) >= 11 is 1.44. The van der Waals surface area contributed by atoms with Crippen molar-refractivity contribution in [2.75, 3.05) is 7.11 Å². The lowest BCUT2D eigenvalue weighted by Crippen LogP contribution is -2.22. The molecule has 3 aromatic heterocycles. The molecule has 34 heavy (non-hydrogen) atoms. The molecular weight excluding hydrogens is 452 g/mol. The van der Waals surface area contributed by atoms with E-state index < -0.39 is 0 Å². The summed E-state index contributed by atoms with van der Waals surface area (Å²) in [6, 6.07) is 13.1. The highest BCUT2D eigenvalue weighted by atomic mass is 32.2. The van der Waals surface area contributed by atoms with Crippen LogP contribution in [-0.2, 0) is 12.2 Å². The van der Waals surface area contributed by atoms with E-state index in [2.05, 4.69) is 27.3 Å². The van der Waals surface area contributed by atoms with Crippen molar-refractivity contribution >= 4 is 28.4 Å². The molecule has 5 aromatic rings. The molecule has 10 heteroatoms. The summed E-state index contributed by atoms with van der Waals surface area (Å²) in [6.45, 7) is 4.09. The molecule has 0 bridgehead atoms. The Morgan fingerprint density at radius 1 is 1.15 bits per heavy atom. The molecule has 5 rings (SSSR count). The van der Waals surface area contributed by atoms with E-state index in [1.807, 2.05) is 53.8 Å². The molecule has 2 aromatic carbocycles. The van der Waals surface area contributed by atoms with Crippen molar-refractivity contribution in [2.24, 2.45) is 0 Å². The molecule has 0 fully saturated rings. The largest absolute Gasteiger partial charge is 0.495 e. The van der Waals surface area contributed by atoms with E-state index in [4.69, 9.17) is 9.26 Å². The minimum Gasteiger partial charge on any atom is -0.495 e. The Hall–Kier alpha value is -3.66. The maximum absolute atomic E-state index is 13.6. The van der Waals surface area contributed by atoms with Crippen LogP contribution in [0.5, 0.6) is 5.75 Å². The summed E-state index contributed by atoms with van der Waals surface area (Å²) < 4.78 is 14.4. The smallest absolute Gasteiger partial charge is 0.267 e. The minimum absolute atomic E-state index is 0.185. The van der Waals surface area contributed by atoms with Crippen molar-refractivity contribution in [3.63, 3.8) is 0 Å². The SMILES string of the molecule is CCCCc1nc(CSc2nnc3n(-c4cc(C)ccc4OC)c(=O)c4ccccc4n23)no1. The maximum Gasteiger partial charge on any atom is 0.267 e. The highest BCUT2D eigenvalue weighted by molar-refractivity contribution is 7.98. The molecule has 3 heterocycles. The molecule has 0 unspecified atom stereocenters. The van der Waals surface area contributed by atoms with Crippen LogP contribution >= 0.6 is 11.8 Å². The molecule has 0 spiro atoms. The monoisotopic (exact) mass is 476 g/mol. The normalized spacial score (nSPS) is 11.5. The van der Waals surface area contributed by atoms with Gasteiger partial charge in [0, 0.05) is 6.42 Å². The van der Waals surface area contributed by atoms with Crippen LogP contribution in [0, 0.1) is 6.92 Å². The number of benzene rings is 2. The molecule has 0 saturated heterocycles. The van der Waals surface area contributed by atoms with Gasteiger partial charge >= 0.3 is 0 Å². The summed E-state index contributed by atoms with van der Waals surface area (Å²) in [5, 5.41) is 14.1. The number of aryl methyl sites for hydroxylation is 2. The van der Waals surface area contributed by atoms with Gasteiger partial charge < -0.3 is 9.26 Å². The van der Waals surface area contributed by atoms with Gasteiger partial charge in [0.15, 0.2) is 11.0 Å². The lowest BCUT2D eigenvalue weighted by atomic mass is 10.2. The van der Waals surface area contributed by atoms with Crippen molar-refractivity contribution in [3.05, 3.63) is 70.1 Å². The molecule has 0 N–H and O–H groups in total. The van der Waals surface area contributed by atoms with Crippen LogP contribution in [0.2, 0.25) is 0 Å². The molecule has 9 nitrogen and oxygen atoms in total. The quantitative estimate of drug-likeness (QED) is 0.304. The van der Waals surface area contributed by atoms with Gasteiger partial charge in [-0.3, -0.25) is 9.20 Å². The molecular formula is C24H24N6O3S. The Morgan fingerprint density at radius 2 is 2.00 bits per heavy atom. The number of nitrogens with zero attached hydrogens (tertiary/aromatic N) is 6. The highest BCUT2D eigenvalue weighted by Crippen LogP contribution is 2.28. The number of ether oxygens (including phenoxy) is 1. The van der Waals surface area contributed by atoms with E-state index in [-0.39, 0.29) is 5.56 Å². The van der Waals surface area contributed by atoms with Gasteiger partial charge in [0.1, 0.15) is 5.75 Å². The van der Waals surface area contributed by atoms with Crippen molar-refractivity contribution in [1.29, 1.82) is 0 Å². The van der Waals surface area contributed by atoms with Gasteiger partial charge in [0.2, 0.25) is 11.7 Å². The van der Waals surface area contributed by atoms with Crippen molar-refractivity contribution < 1.29 is 9.26 Å². The third-order valence-electron chi connectivity index (χ3n) is 5.55. The Bertz CT molecular complexity index is 1540. The third kappa shape index (κ3) is 3.94. The number of thioether (sulfide) groups is 1. The average molecular weight is 477 g/mol. The van der Waals surface area contributed by atoms with E-state index >= 15 is 0 Å². The Kier molecular flexibility index (Phi) is 6.06. The molecule has 0 radical (unpaired) electrons. The van der Waals surface area contributed by atoms with Gasteiger partial charge in [-0.1, -0.05) is 48.5 Å². The van der Waals surface area contributed by atoms with Gasteiger partial charge in [0.05, 0.1) is 29.5 Å². The zero-order chi connectivity index (χ0) is 23.7. The molecule has 0 aliphatic rings. The zero-order valence-corrected chi connectivity index (χ0v) is 20.0. The first-order valence-corrected chi connectivity index (χ1v) is 12.1. The minimum atomic E-state index is -0.185. The molecule has 0 amide bonds. The fourth-order valence-corrected chi connectivity index (χ4v) is 4.65. The highest BCUT2D eigenvalue weighted by Gasteiger charge is 2.20. The number of rotatable bonds is 8. The van der Waals surface area contributed by atoms with E-state index in [0.717, 1.165) is 30.3 Å². The predicted octanol–water partition coefficient (Wildman–Crippen LogP) is 4.37. The number of hydrogen-bond acceptors (Lipinski definition) is 8. The number of para-hydroxylation sites is 1. The maximum atomic E-state index is 13.6. The summed E-state index contributed by atoms with van der Waals surface area (Å²) in [6.07, 6.45) is 2.85. The van der Waals surface area contributed by atoms with Crippen LogP contribution in [-0.4, -0.2) is 36.4 Å². The van der Waals surface area contributed by atoms with Crippen LogP contribution in [0.25, 0.3) is 22.4 Å². The second-order valence-electron chi connectivity index (χ2n) is 7.95. The van der Waals surface area contributed by atoms with Crippen LogP contribution < -0.4 is 10.3 Å². The summed E-state index contributed by atoms with van der Waals surface area (Å²) in [4.78, 5) is 18.1. The van der Waals surface area contributed by atoms with Gasteiger partial charge in [-0.2, -0.15) is 4.98 Å². The van der Waals surface area contributed by atoms with E-state index in [1.54, 1.807) is 11.7 Å². The first kappa shape index (κ1) is 22.1. The first-order chi connectivity index (χ1) is 16.6. The fourth-order valence-electron chi connectivity index (χ4n) is 3.87. The van der Waals surface area contributed by atoms with Gasteiger partial charge in [-0.05, 0) is 43.2 Å². The van der Waals surface area contributed by atoms with Crippen LogP contribution in [0.1, 0.15) is 37.0 Å². The number of hydrogen-bond donors (Lipinski definition) is 0. The van der Waals surface area contributed by atoms with Gasteiger partial charge in [0.25, 0.3) is 5.56 Å². The van der Waals surface area contributed by atoms with Crippen LogP contribution in [0.4, 0.5) is 0 Å². The lowest BCUT2D eigenvalue weighted by molar-refractivity contribution is 0.371. The van der Waals surface area contributed by atoms with Crippen LogP contribution in [0.15, 0.2) is 56.9 Å². The molecule has 0 aliphatic carbocycles. The van der Waals surface area contributed by atoms with Crippen molar-refractivity contribution in [2.45, 2.75) is 44.0 Å². The first-order valence-electron chi connectivity index (χ1n) is 11.1.